The number of hydrogen-bond acceptors (Lipinski definition) is 5. The van der Waals surface area contributed by atoms with E-state index in [1.54, 1.807) is 6.92 Å². The predicted octanol–water partition coefficient (Wildman–Crippen LogP) is -0.0292. The Balaban J connectivity index is 4.49. The molecule has 0 spiro atoms. The molecular formula is C10H15NO6. The van der Waals surface area contributed by atoms with Crippen molar-refractivity contribution in [3.8, 4) is 0 Å². The van der Waals surface area contributed by atoms with E-state index in [0.29, 0.717) is 0 Å². The van der Waals surface area contributed by atoms with Crippen LogP contribution < -0.4 is 5.32 Å². The molecule has 1 atom stereocenters. The molecule has 0 rings (SSSR count). The molecule has 0 bridgehead atoms. The maximum absolute atomic E-state index is 11.0. The van der Waals surface area contributed by atoms with E-state index in [2.05, 4.69) is 10.1 Å². The first-order valence-corrected chi connectivity index (χ1v) is 4.93. The van der Waals surface area contributed by atoms with Gasteiger partial charge in [0.05, 0.1) is 13.0 Å². The lowest BCUT2D eigenvalue weighted by Gasteiger charge is -2.13. The quantitative estimate of drug-likeness (QED) is 0.426. The summed E-state index contributed by atoms with van der Waals surface area (Å²) in [5.74, 6) is -3.16. The van der Waals surface area contributed by atoms with Crippen LogP contribution in [-0.4, -0.2) is 40.8 Å². The van der Waals surface area contributed by atoms with Gasteiger partial charge in [-0.2, -0.15) is 0 Å². The molecule has 0 aliphatic heterocycles. The second kappa shape index (κ2) is 7.26. The van der Waals surface area contributed by atoms with Crippen LogP contribution in [-0.2, 0) is 19.1 Å². The van der Waals surface area contributed by atoms with Crippen molar-refractivity contribution in [1.29, 1.82) is 0 Å². The molecule has 0 saturated heterocycles. The van der Waals surface area contributed by atoms with Crippen molar-refractivity contribution >= 4 is 17.9 Å². The number of hydrogen-bond donors (Lipinski definition) is 3. The molecule has 0 radical (unpaired) electrons. The number of carbonyl (C=O) groups is 3. The van der Waals surface area contributed by atoms with Crippen molar-refractivity contribution in [3.63, 3.8) is 0 Å². The highest BCUT2D eigenvalue weighted by atomic mass is 16.5. The summed E-state index contributed by atoms with van der Waals surface area (Å²) >= 11 is 0. The van der Waals surface area contributed by atoms with Gasteiger partial charge in [-0.25, -0.2) is 9.59 Å². The van der Waals surface area contributed by atoms with Crippen molar-refractivity contribution in [2.24, 2.45) is 0 Å². The molecule has 0 aliphatic rings. The second-order valence-corrected chi connectivity index (χ2v) is 3.21. The minimum Gasteiger partial charge on any atom is -0.481 e. The summed E-state index contributed by atoms with van der Waals surface area (Å²) in [5, 5.41) is 19.7. The molecule has 0 saturated carbocycles. The first-order chi connectivity index (χ1) is 7.86. The summed E-state index contributed by atoms with van der Waals surface area (Å²) in [5.41, 5.74) is 0.233. The maximum Gasteiger partial charge on any atom is 0.332 e. The highest BCUT2D eigenvalue weighted by Gasteiger charge is 2.20. The van der Waals surface area contributed by atoms with Crippen molar-refractivity contribution in [3.05, 3.63) is 11.8 Å². The third kappa shape index (κ3) is 6.93. The van der Waals surface area contributed by atoms with Crippen molar-refractivity contribution in [1.82, 2.24) is 5.32 Å². The summed E-state index contributed by atoms with van der Waals surface area (Å²) in [6.07, 6.45) is 0.491. The van der Waals surface area contributed by atoms with Crippen molar-refractivity contribution in [2.75, 3.05) is 6.61 Å². The highest BCUT2D eigenvalue weighted by molar-refractivity contribution is 5.83. The first kappa shape index (κ1) is 14.9. The number of esters is 1. The highest BCUT2D eigenvalue weighted by Crippen LogP contribution is 1.98. The van der Waals surface area contributed by atoms with Crippen LogP contribution in [0.25, 0.3) is 0 Å². The number of carbonyl (C=O) groups excluding carboxylic acids is 1. The van der Waals surface area contributed by atoms with Gasteiger partial charge < -0.3 is 20.3 Å². The Morgan fingerprint density at radius 2 is 1.94 bits per heavy atom. The van der Waals surface area contributed by atoms with Crippen LogP contribution >= 0.6 is 0 Å². The lowest BCUT2D eigenvalue weighted by atomic mass is 10.2. The minimum atomic E-state index is -1.30. The Hall–Kier alpha value is -2.05. The van der Waals surface area contributed by atoms with Crippen LogP contribution in [0.1, 0.15) is 20.3 Å². The predicted molar refractivity (Wildman–Crippen MR) is 57.2 cm³/mol. The zero-order valence-corrected chi connectivity index (χ0v) is 9.60. The van der Waals surface area contributed by atoms with Crippen LogP contribution in [0.2, 0.25) is 0 Å². The molecule has 0 amide bonds. The SMILES string of the molecule is CCOC(=O)/C=C(\C)N[C@@H](CC(=O)O)C(=O)O. The Morgan fingerprint density at radius 3 is 2.35 bits per heavy atom. The summed E-state index contributed by atoms with van der Waals surface area (Å²) in [4.78, 5) is 32.1. The number of carboxylic acids is 2. The number of allylic oxidation sites excluding steroid dienone is 1. The zero-order chi connectivity index (χ0) is 13.4. The van der Waals surface area contributed by atoms with E-state index in [1.165, 1.54) is 6.92 Å². The summed E-state index contributed by atoms with van der Waals surface area (Å²) in [6.45, 7) is 3.30. The average molecular weight is 245 g/mol. The van der Waals surface area contributed by atoms with E-state index < -0.39 is 30.4 Å². The van der Waals surface area contributed by atoms with E-state index in [1.807, 2.05) is 0 Å². The Bertz CT molecular complexity index is 336. The van der Waals surface area contributed by atoms with Gasteiger partial charge in [-0.05, 0) is 13.8 Å². The molecule has 0 aromatic rings. The molecule has 0 aromatic heterocycles. The van der Waals surface area contributed by atoms with Gasteiger partial charge in [0, 0.05) is 11.8 Å². The molecule has 7 nitrogen and oxygen atoms in total. The van der Waals surface area contributed by atoms with E-state index in [0.717, 1.165) is 6.08 Å². The fourth-order valence-corrected chi connectivity index (χ4v) is 1.05. The van der Waals surface area contributed by atoms with Gasteiger partial charge in [-0.3, -0.25) is 4.79 Å². The van der Waals surface area contributed by atoms with Gasteiger partial charge in [0.15, 0.2) is 0 Å². The lowest BCUT2D eigenvalue weighted by Crippen LogP contribution is -2.37. The van der Waals surface area contributed by atoms with E-state index in [9.17, 15) is 14.4 Å². The normalized spacial score (nSPS) is 12.7. The molecule has 0 unspecified atom stereocenters. The average Bonchev–Trinajstić information content (AvgIpc) is 2.15. The third-order valence-electron chi connectivity index (χ3n) is 1.70. The van der Waals surface area contributed by atoms with Gasteiger partial charge in [0.2, 0.25) is 0 Å². The number of ether oxygens (including phenoxy) is 1. The standard InChI is InChI=1S/C10H15NO6/c1-3-17-9(14)4-6(2)11-7(10(15)16)5-8(12)13/h4,7,11H,3,5H2,1-2H3,(H,12,13)(H,15,16)/b6-4+/t7-/m0/s1. The molecule has 96 valence electrons. The van der Waals surface area contributed by atoms with Crippen LogP contribution in [0.5, 0.6) is 0 Å². The van der Waals surface area contributed by atoms with E-state index in [-0.39, 0.29) is 12.3 Å². The molecule has 0 aliphatic carbocycles. The maximum atomic E-state index is 11.0. The van der Waals surface area contributed by atoms with Gasteiger partial charge in [0.1, 0.15) is 6.04 Å². The van der Waals surface area contributed by atoms with Crippen molar-refractivity contribution in [2.45, 2.75) is 26.3 Å². The first-order valence-electron chi connectivity index (χ1n) is 4.93. The van der Waals surface area contributed by atoms with Gasteiger partial charge >= 0.3 is 17.9 Å². The van der Waals surface area contributed by atoms with Crippen LogP contribution in [0.15, 0.2) is 11.8 Å². The second-order valence-electron chi connectivity index (χ2n) is 3.21. The number of aliphatic carboxylic acids is 2. The molecular weight excluding hydrogens is 230 g/mol. The number of nitrogens with one attached hydrogen (secondary N) is 1. The molecule has 0 heterocycles. The lowest BCUT2D eigenvalue weighted by molar-refractivity contribution is -0.145. The summed E-state index contributed by atoms with van der Waals surface area (Å²) in [6, 6.07) is -1.28. The molecule has 0 fully saturated rings. The number of rotatable bonds is 7. The summed E-state index contributed by atoms with van der Waals surface area (Å²) < 4.78 is 4.62. The topological polar surface area (TPSA) is 113 Å². The van der Waals surface area contributed by atoms with Crippen LogP contribution in [0, 0.1) is 0 Å². The Morgan fingerprint density at radius 1 is 1.35 bits per heavy atom. The smallest absolute Gasteiger partial charge is 0.332 e. The largest absolute Gasteiger partial charge is 0.481 e. The van der Waals surface area contributed by atoms with Crippen LogP contribution in [0.4, 0.5) is 0 Å². The van der Waals surface area contributed by atoms with Crippen LogP contribution in [0.3, 0.4) is 0 Å². The van der Waals surface area contributed by atoms with Gasteiger partial charge in [0.25, 0.3) is 0 Å². The molecule has 0 aromatic carbocycles. The van der Waals surface area contributed by atoms with E-state index >= 15 is 0 Å². The number of carboxylic acid groups (broad SMARTS) is 2. The fraction of sp³-hybridized carbons (Fsp3) is 0.500. The zero-order valence-electron chi connectivity index (χ0n) is 9.60. The Labute approximate surface area is 98.1 Å². The van der Waals surface area contributed by atoms with Crippen molar-refractivity contribution < 1.29 is 29.3 Å². The Kier molecular flexibility index (Phi) is 6.39. The molecule has 17 heavy (non-hydrogen) atoms. The van der Waals surface area contributed by atoms with E-state index in [4.69, 9.17) is 10.2 Å². The molecule has 7 heteroatoms. The van der Waals surface area contributed by atoms with Gasteiger partial charge in [-0.1, -0.05) is 0 Å². The third-order valence-corrected chi connectivity index (χ3v) is 1.70. The van der Waals surface area contributed by atoms with Gasteiger partial charge in [-0.15, -0.1) is 0 Å². The summed E-state index contributed by atoms with van der Waals surface area (Å²) in [7, 11) is 0. The fourth-order valence-electron chi connectivity index (χ4n) is 1.05. The minimum absolute atomic E-state index is 0.208. The monoisotopic (exact) mass is 245 g/mol. The molecule has 3 N–H and O–H groups in total.